The summed E-state index contributed by atoms with van der Waals surface area (Å²) in [5, 5.41) is 57.8. The number of esters is 2. The van der Waals surface area contributed by atoms with Gasteiger partial charge in [-0.1, -0.05) is 24.3 Å². The molecular weight excluding hydrogens is 620 g/mol. The number of aliphatic hydroxyl groups excluding tert-OH is 6. The van der Waals surface area contributed by atoms with Crippen molar-refractivity contribution in [2.24, 2.45) is 16.2 Å². The maximum absolute atomic E-state index is 13.2. The van der Waals surface area contributed by atoms with Crippen molar-refractivity contribution in [1.29, 1.82) is 0 Å². The van der Waals surface area contributed by atoms with E-state index in [2.05, 4.69) is 0 Å². The van der Waals surface area contributed by atoms with Crippen molar-refractivity contribution in [2.75, 3.05) is 53.9 Å². The zero-order chi connectivity index (χ0) is 35.4. The van der Waals surface area contributed by atoms with Crippen molar-refractivity contribution in [1.82, 2.24) is 0 Å². The molecule has 2 rings (SSSR count). The van der Waals surface area contributed by atoms with E-state index < -0.39 is 79.4 Å². The van der Waals surface area contributed by atoms with Gasteiger partial charge in [0.1, 0.15) is 16.2 Å². The van der Waals surface area contributed by atoms with Crippen molar-refractivity contribution in [3.8, 4) is 23.0 Å². The van der Waals surface area contributed by atoms with Gasteiger partial charge in [0.2, 0.25) is 0 Å². The number of aliphatic hydroxyl groups is 6. The highest BCUT2D eigenvalue weighted by atomic mass is 16.6. The van der Waals surface area contributed by atoms with E-state index in [-0.39, 0.29) is 23.0 Å². The van der Waals surface area contributed by atoms with E-state index in [1.807, 2.05) is 0 Å². The summed E-state index contributed by atoms with van der Waals surface area (Å²) in [6, 6.07) is 8.43. The fraction of sp³-hybridized carbons (Fsp3) is 0.394. The highest BCUT2D eigenvalue weighted by Gasteiger charge is 2.42. The lowest BCUT2D eigenvalue weighted by molar-refractivity contribution is -0.151. The number of carbonyl (C=O) groups excluding carboxylic acids is 4. The number of allylic oxidation sites excluding steroid dienone is 2. The van der Waals surface area contributed by atoms with Crippen LogP contribution in [0.4, 0.5) is 0 Å². The van der Waals surface area contributed by atoms with Gasteiger partial charge in [-0.25, -0.2) is 0 Å². The van der Waals surface area contributed by atoms with Gasteiger partial charge >= 0.3 is 11.9 Å². The van der Waals surface area contributed by atoms with Crippen LogP contribution in [0, 0.1) is 16.2 Å². The first kappa shape index (κ1) is 38.7. The van der Waals surface area contributed by atoms with Gasteiger partial charge in [-0.15, -0.1) is 0 Å². The molecule has 0 spiro atoms. The van der Waals surface area contributed by atoms with Crippen molar-refractivity contribution >= 4 is 35.7 Å². The van der Waals surface area contributed by atoms with Gasteiger partial charge in [-0.2, -0.15) is 0 Å². The lowest BCUT2D eigenvalue weighted by atomic mass is 9.80. The van der Waals surface area contributed by atoms with Crippen LogP contribution in [0.1, 0.15) is 25.0 Å². The van der Waals surface area contributed by atoms with E-state index in [4.69, 9.17) is 18.9 Å². The molecule has 2 aromatic rings. The average Bonchev–Trinajstić information content (AvgIpc) is 3.10. The molecule has 0 saturated heterocycles. The molecule has 0 heterocycles. The molecule has 14 nitrogen and oxygen atoms in total. The molecule has 14 heteroatoms. The Morgan fingerprint density at radius 2 is 0.915 bits per heavy atom. The SMILES string of the molecule is COc1cc(/C=C/C(=O)C(CO)(CO)C(=O)/C=C/c2ccc(OC(=O)C(C)(CO)CO)c(OC)c2)ccc1OC(=O)C(C)(CO)CO. The molecule has 0 aliphatic rings. The van der Waals surface area contributed by atoms with Gasteiger partial charge < -0.3 is 49.6 Å². The summed E-state index contributed by atoms with van der Waals surface area (Å²) in [4.78, 5) is 51.1. The number of hydrogen-bond donors (Lipinski definition) is 6. The minimum absolute atomic E-state index is 0.0221. The normalized spacial score (nSPS) is 12.3. The van der Waals surface area contributed by atoms with Crippen LogP contribution in [0.2, 0.25) is 0 Å². The quantitative estimate of drug-likeness (QED) is 0.0549. The van der Waals surface area contributed by atoms with Crippen molar-refractivity contribution in [3.63, 3.8) is 0 Å². The molecule has 0 atom stereocenters. The number of ether oxygens (including phenoxy) is 4. The summed E-state index contributed by atoms with van der Waals surface area (Å²) in [6.07, 6.45) is 4.57. The fourth-order valence-electron chi connectivity index (χ4n) is 3.69. The maximum atomic E-state index is 13.2. The van der Waals surface area contributed by atoms with Crippen LogP contribution in [0.15, 0.2) is 48.6 Å². The minimum Gasteiger partial charge on any atom is -0.493 e. The Labute approximate surface area is 271 Å². The van der Waals surface area contributed by atoms with Gasteiger partial charge in [-0.05, 0) is 61.4 Å². The topological polar surface area (TPSA) is 227 Å². The monoisotopic (exact) mass is 660 g/mol. The molecular formula is C33H40O14. The van der Waals surface area contributed by atoms with Crippen LogP contribution in [0.25, 0.3) is 12.2 Å². The van der Waals surface area contributed by atoms with E-state index in [9.17, 15) is 49.8 Å². The Kier molecular flexibility index (Phi) is 14.0. The zero-order valence-corrected chi connectivity index (χ0v) is 26.5. The van der Waals surface area contributed by atoms with Crippen molar-refractivity contribution < 1.29 is 68.8 Å². The number of ketones is 2. The molecule has 0 aliphatic heterocycles. The first-order valence-electron chi connectivity index (χ1n) is 14.2. The summed E-state index contributed by atoms with van der Waals surface area (Å²) in [5.74, 6) is -3.52. The highest BCUT2D eigenvalue weighted by molar-refractivity contribution is 6.17. The molecule has 0 radical (unpaired) electrons. The molecule has 6 N–H and O–H groups in total. The van der Waals surface area contributed by atoms with Gasteiger partial charge in [0.05, 0.1) is 53.9 Å². The van der Waals surface area contributed by atoms with Gasteiger partial charge in [0, 0.05) is 0 Å². The third-order valence-electron chi connectivity index (χ3n) is 7.50. The average molecular weight is 661 g/mol. The van der Waals surface area contributed by atoms with Gasteiger partial charge in [0.15, 0.2) is 34.6 Å². The maximum Gasteiger partial charge on any atom is 0.322 e. The van der Waals surface area contributed by atoms with Crippen LogP contribution in [-0.2, 0) is 19.2 Å². The van der Waals surface area contributed by atoms with E-state index >= 15 is 0 Å². The number of hydrogen-bond acceptors (Lipinski definition) is 14. The molecule has 0 aromatic heterocycles. The molecule has 256 valence electrons. The van der Waals surface area contributed by atoms with Crippen molar-refractivity contribution in [3.05, 3.63) is 59.7 Å². The molecule has 0 saturated carbocycles. The number of methoxy groups -OCH3 is 2. The third-order valence-corrected chi connectivity index (χ3v) is 7.50. The number of rotatable bonds is 18. The Morgan fingerprint density at radius 1 is 0.574 bits per heavy atom. The van der Waals surface area contributed by atoms with E-state index in [1.54, 1.807) is 0 Å². The van der Waals surface area contributed by atoms with Crippen LogP contribution in [0.3, 0.4) is 0 Å². The Hall–Kier alpha value is -4.44. The summed E-state index contributed by atoms with van der Waals surface area (Å²) in [6.45, 7) is -2.04. The molecule has 0 aliphatic carbocycles. The predicted octanol–water partition coefficient (Wildman–Crippen LogP) is 0.332. The van der Waals surface area contributed by atoms with Crippen LogP contribution in [0.5, 0.6) is 23.0 Å². The van der Waals surface area contributed by atoms with E-state index in [0.29, 0.717) is 11.1 Å². The zero-order valence-electron chi connectivity index (χ0n) is 26.5. The first-order valence-corrected chi connectivity index (χ1v) is 14.2. The summed E-state index contributed by atoms with van der Waals surface area (Å²) < 4.78 is 21.0. The molecule has 0 unspecified atom stereocenters. The first-order chi connectivity index (χ1) is 22.3. The molecule has 0 fully saturated rings. The smallest absolute Gasteiger partial charge is 0.322 e. The van der Waals surface area contributed by atoms with Crippen LogP contribution in [-0.4, -0.2) is 108 Å². The standard InChI is InChI=1S/C33H40O14/c1-31(15-34,16-35)29(42)46-23-9-5-21(13-25(23)44-3)7-11-27(40)33(19-38,20-39)28(41)12-8-22-6-10-24(26(14-22)45-4)47-30(43)32(2,17-36)18-37/h5-14,34-39H,15-20H2,1-4H3/b11-7+,12-8+. The second-order valence-electron chi connectivity index (χ2n) is 11.1. The Balaban J connectivity index is 2.27. The Bertz CT molecular complexity index is 1370. The van der Waals surface area contributed by atoms with Crippen LogP contribution >= 0.6 is 0 Å². The number of carbonyl (C=O) groups is 4. The Morgan fingerprint density at radius 3 is 1.19 bits per heavy atom. The lowest BCUT2D eigenvalue weighted by Gasteiger charge is -2.24. The summed E-state index contributed by atoms with van der Waals surface area (Å²) >= 11 is 0. The molecule has 0 bridgehead atoms. The van der Waals surface area contributed by atoms with E-state index in [1.165, 1.54) is 76.6 Å². The number of benzene rings is 2. The second kappa shape index (κ2) is 16.9. The lowest BCUT2D eigenvalue weighted by Crippen LogP contribution is -2.44. The molecule has 0 amide bonds. The highest BCUT2D eigenvalue weighted by Crippen LogP contribution is 2.33. The summed E-state index contributed by atoms with van der Waals surface area (Å²) in [7, 11) is 2.60. The van der Waals surface area contributed by atoms with Gasteiger partial charge in [0.25, 0.3) is 0 Å². The van der Waals surface area contributed by atoms with Crippen LogP contribution < -0.4 is 18.9 Å². The molecule has 2 aromatic carbocycles. The third kappa shape index (κ3) is 8.88. The fourth-order valence-corrected chi connectivity index (χ4v) is 3.69. The molecule has 47 heavy (non-hydrogen) atoms. The predicted molar refractivity (Wildman–Crippen MR) is 167 cm³/mol. The summed E-state index contributed by atoms with van der Waals surface area (Å²) in [5.41, 5.74) is -4.61. The minimum atomic E-state index is -2.23. The largest absolute Gasteiger partial charge is 0.493 e. The van der Waals surface area contributed by atoms with Gasteiger partial charge in [-0.3, -0.25) is 19.2 Å². The van der Waals surface area contributed by atoms with E-state index in [0.717, 1.165) is 12.2 Å². The van der Waals surface area contributed by atoms with Crippen molar-refractivity contribution in [2.45, 2.75) is 13.8 Å². The second-order valence-corrected chi connectivity index (χ2v) is 11.1.